The molecule has 2 aromatic heterocycles. The minimum Gasteiger partial charge on any atom is -0.374 e. The maximum Gasteiger partial charge on any atom is 0.211 e. The molecule has 0 amide bonds. The molecular weight excluding hydrogens is 330 g/mol. The van der Waals surface area contributed by atoms with E-state index in [1.165, 1.54) is 16.1 Å². The molecule has 24 heavy (non-hydrogen) atoms. The number of hydrogen-bond acceptors (Lipinski definition) is 6. The first-order valence-corrected chi connectivity index (χ1v) is 9.72. The van der Waals surface area contributed by atoms with E-state index >= 15 is 0 Å². The van der Waals surface area contributed by atoms with E-state index in [1.807, 2.05) is 18.3 Å². The van der Waals surface area contributed by atoms with Gasteiger partial charge in [-0.05, 0) is 18.1 Å². The molecule has 130 valence electrons. The summed E-state index contributed by atoms with van der Waals surface area (Å²) in [6, 6.07) is 3.95. The van der Waals surface area contributed by atoms with Gasteiger partial charge in [0.25, 0.3) is 0 Å². The Morgan fingerprint density at radius 1 is 1.33 bits per heavy atom. The van der Waals surface area contributed by atoms with E-state index < -0.39 is 10.0 Å². The smallest absolute Gasteiger partial charge is 0.211 e. The van der Waals surface area contributed by atoms with Gasteiger partial charge in [-0.2, -0.15) is 4.31 Å². The highest BCUT2D eigenvalue weighted by molar-refractivity contribution is 7.88. The fourth-order valence-electron chi connectivity index (χ4n) is 2.60. The highest BCUT2D eigenvalue weighted by Crippen LogP contribution is 2.15. The molecule has 0 N–H and O–H groups in total. The molecule has 0 radical (unpaired) electrons. The van der Waals surface area contributed by atoms with Crippen LogP contribution < -0.4 is 0 Å². The van der Waals surface area contributed by atoms with Gasteiger partial charge in [-0.3, -0.25) is 4.98 Å². The Kier molecular flexibility index (Phi) is 4.93. The summed E-state index contributed by atoms with van der Waals surface area (Å²) in [4.78, 5) is 4.39. The zero-order chi connectivity index (χ0) is 17.2. The van der Waals surface area contributed by atoms with Crippen molar-refractivity contribution in [2.75, 3.05) is 26.0 Å². The van der Waals surface area contributed by atoms with Gasteiger partial charge in [0.1, 0.15) is 5.69 Å². The number of aromatic nitrogens is 4. The number of nitrogens with zero attached hydrogens (tertiary/aromatic N) is 5. The number of pyridine rings is 1. The van der Waals surface area contributed by atoms with E-state index in [-0.39, 0.29) is 6.10 Å². The number of hydrogen-bond donors (Lipinski definition) is 0. The Balaban J connectivity index is 1.67. The zero-order valence-electron chi connectivity index (χ0n) is 13.8. The second-order valence-electron chi connectivity index (χ2n) is 5.84. The number of morpholine rings is 1. The van der Waals surface area contributed by atoms with Gasteiger partial charge in [-0.15, -0.1) is 5.10 Å². The van der Waals surface area contributed by atoms with Gasteiger partial charge in [-0.1, -0.05) is 18.2 Å². The van der Waals surface area contributed by atoms with E-state index in [9.17, 15) is 8.42 Å². The van der Waals surface area contributed by atoms with Crippen LogP contribution in [0.25, 0.3) is 11.4 Å². The normalized spacial score (nSPS) is 19.5. The van der Waals surface area contributed by atoms with Crippen molar-refractivity contribution in [3.8, 4) is 11.4 Å². The molecule has 1 fully saturated rings. The van der Waals surface area contributed by atoms with Crippen LogP contribution in [0.1, 0.15) is 12.5 Å². The number of aryl methyl sites for hydroxylation is 1. The molecule has 1 atom stereocenters. The molecule has 1 aliphatic heterocycles. The lowest BCUT2D eigenvalue weighted by Gasteiger charge is -2.30. The minimum absolute atomic E-state index is 0.238. The molecule has 1 aliphatic rings. The summed E-state index contributed by atoms with van der Waals surface area (Å²) >= 11 is 0. The second-order valence-corrected chi connectivity index (χ2v) is 7.83. The number of ether oxygens (including phenoxy) is 1. The largest absolute Gasteiger partial charge is 0.374 e. The van der Waals surface area contributed by atoms with Crippen molar-refractivity contribution in [2.24, 2.45) is 0 Å². The van der Waals surface area contributed by atoms with Crippen LogP contribution in [0.2, 0.25) is 0 Å². The molecule has 1 saturated heterocycles. The molecule has 3 rings (SSSR count). The Morgan fingerprint density at radius 3 is 2.83 bits per heavy atom. The van der Waals surface area contributed by atoms with Crippen LogP contribution in [-0.2, 0) is 27.7 Å². The summed E-state index contributed by atoms with van der Waals surface area (Å²) in [6.45, 7) is 3.64. The summed E-state index contributed by atoms with van der Waals surface area (Å²) in [5.41, 5.74) is 2.62. The first-order chi connectivity index (χ1) is 11.5. The standard InChI is InChI=1S/C15H21N5O3S/c1-3-12-4-5-14(16-8-12)15-11-19(18-17-15)9-13-10-20(6-7-23-13)24(2,21)22/h4-5,8,11,13H,3,6-7,9-10H2,1-2H3. The first-order valence-electron chi connectivity index (χ1n) is 7.88. The lowest BCUT2D eigenvalue weighted by molar-refractivity contribution is -0.0120. The van der Waals surface area contributed by atoms with Crippen LogP contribution in [0.15, 0.2) is 24.5 Å². The first kappa shape index (κ1) is 17.0. The maximum atomic E-state index is 11.7. The highest BCUT2D eigenvalue weighted by atomic mass is 32.2. The Labute approximate surface area is 141 Å². The lowest BCUT2D eigenvalue weighted by atomic mass is 10.2. The monoisotopic (exact) mass is 351 g/mol. The van der Waals surface area contributed by atoms with Gasteiger partial charge in [0, 0.05) is 19.3 Å². The molecule has 1 unspecified atom stereocenters. The third-order valence-corrected chi connectivity index (χ3v) is 5.26. The lowest BCUT2D eigenvalue weighted by Crippen LogP contribution is -2.46. The number of sulfonamides is 1. The molecule has 0 saturated carbocycles. The van der Waals surface area contributed by atoms with Crippen molar-refractivity contribution >= 4 is 10.0 Å². The summed E-state index contributed by atoms with van der Waals surface area (Å²) in [5.74, 6) is 0. The highest BCUT2D eigenvalue weighted by Gasteiger charge is 2.27. The predicted molar refractivity (Wildman–Crippen MR) is 88.8 cm³/mol. The van der Waals surface area contributed by atoms with Crippen LogP contribution in [0, 0.1) is 0 Å². The average Bonchev–Trinajstić information content (AvgIpc) is 3.03. The van der Waals surface area contributed by atoms with Crippen molar-refractivity contribution in [3.05, 3.63) is 30.1 Å². The summed E-state index contributed by atoms with van der Waals surface area (Å²) in [5, 5.41) is 8.23. The molecule has 9 heteroatoms. The van der Waals surface area contributed by atoms with E-state index in [2.05, 4.69) is 22.2 Å². The van der Waals surface area contributed by atoms with Gasteiger partial charge in [0.2, 0.25) is 10.0 Å². The SMILES string of the molecule is CCc1ccc(-c2cn(CC3CN(S(C)(=O)=O)CCO3)nn2)nc1. The van der Waals surface area contributed by atoms with E-state index in [1.54, 1.807) is 10.9 Å². The van der Waals surface area contributed by atoms with Crippen LogP contribution in [0.5, 0.6) is 0 Å². The van der Waals surface area contributed by atoms with Crippen molar-refractivity contribution in [2.45, 2.75) is 26.0 Å². The molecule has 8 nitrogen and oxygen atoms in total. The summed E-state index contributed by atoms with van der Waals surface area (Å²) in [6.07, 6.45) is 5.56. The fourth-order valence-corrected chi connectivity index (χ4v) is 3.45. The Hall–Kier alpha value is -1.84. The quantitative estimate of drug-likeness (QED) is 0.782. The Morgan fingerprint density at radius 2 is 2.17 bits per heavy atom. The molecule has 0 aliphatic carbocycles. The van der Waals surface area contributed by atoms with Crippen molar-refractivity contribution in [1.29, 1.82) is 0 Å². The Bertz CT molecular complexity index is 788. The molecular formula is C15H21N5O3S. The van der Waals surface area contributed by atoms with Crippen molar-refractivity contribution < 1.29 is 13.2 Å². The average molecular weight is 351 g/mol. The zero-order valence-corrected chi connectivity index (χ0v) is 14.6. The fraction of sp³-hybridized carbons (Fsp3) is 0.533. The van der Waals surface area contributed by atoms with Crippen LogP contribution in [-0.4, -0.2) is 64.8 Å². The second kappa shape index (κ2) is 6.96. The molecule has 3 heterocycles. The maximum absolute atomic E-state index is 11.7. The van der Waals surface area contributed by atoms with Crippen molar-refractivity contribution in [3.63, 3.8) is 0 Å². The molecule has 0 spiro atoms. The van der Waals surface area contributed by atoms with E-state index in [0.29, 0.717) is 31.9 Å². The predicted octanol–water partition coefficient (Wildman–Crippen LogP) is 0.563. The summed E-state index contributed by atoms with van der Waals surface area (Å²) in [7, 11) is -3.20. The van der Waals surface area contributed by atoms with Gasteiger partial charge < -0.3 is 4.74 Å². The van der Waals surface area contributed by atoms with Gasteiger partial charge in [0.15, 0.2) is 0 Å². The molecule has 0 bridgehead atoms. The van der Waals surface area contributed by atoms with E-state index in [4.69, 9.17) is 4.74 Å². The van der Waals surface area contributed by atoms with Gasteiger partial charge >= 0.3 is 0 Å². The molecule has 2 aromatic rings. The summed E-state index contributed by atoms with van der Waals surface area (Å²) < 4.78 is 32.1. The molecule has 0 aromatic carbocycles. The van der Waals surface area contributed by atoms with Gasteiger partial charge in [-0.25, -0.2) is 13.1 Å². The van der Waals surface area contributed by atoms with E-state index in [0.717, 1.165) is 12.1 Å². The topological polar surface area (TPSA) is 90.2 Å². The number of rotatable bonds is 5. The van der Waals surface area contributed by atoms with Crippen LogP contribution in [0.3, 0.4) is 0 Å². The third kappa shape index (κ3) is 3.97. The van der Waals surface area contributed by atoms with Gasteiger partial charge in [0.05, 0.1) is 37.4 Å². The van der Waals surface area contributed by atoms with Crippen LogP contribution >= 0.6 is 0 Å². The minimum atomic E-state index is -3.20. The van der Waals surface area contributed by atoms with Crippen molar-refractivity contribution in [1.82, 2.24) is 24.3 Å². The third-order valence-electron chi connectivity index (χ3n) is 4.00. The van der Waals surface area contributed by atoms with Crippen LogP contribution in [0.4, 0.5) is 0 Å².